The van der Waals surface area contributed by atoms with E-state index in [1.807, 2.05) is 60.0 Å². The highest BCUT2D eigenvalue weighted by Gasteiger charge is 2.04. The molecule has 4 rings (SSSR count). The molecule has 6 heteroatoms. The van der Waals surface area contributed by atoms with Gasteiger partial charge >= 0.3 is 0 Å². The maximum absolute atomic E-state index is 12.0. The van der Waals surface area contributed by atoms with Crippen LogP contribution in [0.15, 0.2) is 76.9 Å². The molecular weight excluding hydrogens is 326 g/mol. The zero-order valence-corrected chi connectivity index (χ0v) is 14.2. The van der Waals surface area contributed by atoms with Crippen molar-refractivity contribution >= 4 is 23.1 Å². The summed E-state index contributed by atoms with van der Waals surface area (Å²) in [5, 5.41) is 4.19. The molecule has 2 aromatic heterocycles. The Hall–Kier alpha value is -3.67. The number of fused-ring (bicyclic) bond motifs is 1. The topological polar surface area (TPSA) is 78.2 Å². The zero-order chi connectivity index (χ0) is 18.1. The summed E-state index contributed by atoms with van der Waals surface area (Å²) in [7, 11) is 0. The number of imidazole rings is 1. The summed E-state index contributed by atoms with van der Waals surface area (Å²) in [6, 6.07) is 19.0. The van der Waals surface area contributed by atoms with Crippen molar-refractivity contribution in [2.45, 2.75) is 6.92 Å². The first-order valence-corrected chi connectivity index (χ1v) is 8.18. The summed E-state index contributed by atoms with van der Waals surface area (Å²) in [5.74, 6) is 0.313. The van der Waals surface area contributed by atoms with E-state index in [-0.39, 0.29) is 5.56 Å². The predicted octanol–water partition coefficient (Wildman–Crippen LogP) is 2.96. The van der Waals surface area contributed by atoms with E-state index in [9.17, 15) is 4.79 Å². The fraction of sp³-hybridized carbons (Fsp3) is 0.0500. The van der Waals surface area contributed by atoms with Crippen LogP contribution in [-0.4, -0.2) is 20.4 Å². The minimum atomic E-state index is -0.250. The molecule has 2 aromatic carbocycles. The lowest BCUT2D eigenvalue weighted by molar-refractivity contribution is 0.843. The lowest BCUT2D eigenvalue weighted by atomic mass is 10.2. The van der Waals surface area contributed by atoms with Gasteiger partial charge in [-0.25, -0.2) is 4.98 Å². The maximum Gasteiger partial charge on any atom is 0.273 e. The first-order chi connectivity index (χ1) is 12.6. The molecule has 0 fully saturated rings. The Morgan fingerprint density at radius 3 is 2.62 bits per heavy atom. The number of benzene rings is 2. The number of rotatable bonds is 3. The van der Waals surface area contributed by atoms with E-state index in [4.69, 9.17) is 5.73 Å². The first-order valence-electron chi connectivity index (χ1n) is 8.18. The van der Waals surface area contributed by atoms with Gasteiger partial charge in [-0.15, -0.1) is 0 Å². The highest BCUT2D eigenvalue weighted by molar-refractivity contribution is 5.81. The van der Waals surface area contributed by atoms with Gasteiger partial charge in [0.25, 0.3) is 5.56 Å². The Labute approximate surface area is 149 Å². The Kier molecular flexibility index (Phi) is 3.85. The van der Waals surface area contributed by atoms with Gasteiger partial charge in [0, 0.05) is 11.8 Å². The highest BCUT2D eigenvalue weighted by atomic mass is 16.1. The second-order valence-electron chi connectivity index (χ2n) is 6.05. The van der Waals surface area contributed by atoms with E-state index in [0.29, 0.717) is 5.82 Å². The largest absolute Gasteiger partial charge is 0.384 e. The minimum absolute atomic E-state index is 0.250. The molecule has 26 heavy (non-hydrogen) atoms. The van der Waals surface area contributed by atoms with E-state index in [1.54, 1.807) is 18.6 Å². The SMILES string of the molecule is Cc1cc(N)n(/N=C\c2ccc(-n3cnc4ccccc43)cc2)c(=O)c1. The molecule has 4 aromatic rings. The molecular formula is C20H17N5O. The molecule has 2 N–H and O–H groups in total. The van der Waals surface area contributed by atoms with Gasteiger partial charge in [-0.3, -0.25) is 9.36 Å². The summed E-state index contributed by atoms with van der Waals surface area (Å²) in [6.45, 7) is 1.82. The van der Waals surface area contributed by atoms with Gasteiger partial charge in [0.05, 0.1) is 17.2 Å². The van der Waals surface area contributed by atoms with Crippen LogP contribution in [-0.2, 0) is 0 Å². The normalized spacial score (nSPS) is 11.4. The number of aryl methyl sites for hydroxylation is 1. The third-order valence-electron chi connectivity index (χ3n) is 4.13. The van der Waals surface area contributed by atoms with Crippen LogP contribution in [0.4, 0.5) is 5.82 Å². The monoisotopic (exact) mass is 343 g/mol. The number of pyridine rings is 1. The van der Waals surface area contributed by atoms with E-state index in [0.717, 1.165) is 27.8 Å². The van der Waals surface area contributed by atoms with Crippen molar-refractivity contribution in [2.24, 2.45) is 5.10 Å². The van der Waals surface area contributed by atoms with Crippen molar-refractivity contribution in [2.75, 3.05) is 5.73 Å². The Balaban J connectivity index is 1.64. The maximum atomic E-state index is 12.0. The van der Waals surface area contributed by atoms with Crippen molar-refractivity contribution in [3.05, 3.63) is 88.5 Å². The summed E-state index contributed by atoms with van der Waals surface area (Å²) in [5.41, 5.74) is 10.3. The molecule has 0 spiro atoms. The average molecular weight is 343 g/mol. The van der Waals surface area contributed by atoms with Crippen LogP contribution in [0.2, 0.25) is 0 Å². The Morgan fingerprint density at radius 2 is 1.85 bits per heavy atom. The molecule has 0 amide bonds. The second-order valence-corrected chi connectivity index (χ2v) is 6.05. The van der Waals surface area contributed by atoms with Gasteiger partial charge in [-0.1, -0.05) is 24.3 Å². The number of anilines is 1. The predicted molar refractivity (Wildman–Crippen MR) is 104 cm³/mol. The van der Waals surface area contributed by atoms with E-state index >= 15 is 0 Å². The number of hydrogen-bond donors (Lipinski definition) is 1. The molecule has 0 saturated heterocycles. The number of hydrogen-bond acceptors (Lipinski definition) is 4. The van der Waals surface area contributed by atoms with Crippen molar-refractivity contribution in [1.82, 2.24) is 14.2 Å². The highest BCUT2D eigenvalue weighted by Crippen LogP contribution is 2.18. The van der Waals surface area contributed by atoms with Crippen LogP contribution in [0.1, 0.15) is 11.1 Å². The van der Waals surface area contributed by atoms with Crippen molar-refractivity contribution in [3.8, 4) is 5.69 Å². The van der Waals surface area contributed by atoms with Gasteiger partial charge < -0.3 is 5.73 Å². The summed E-state index contributed by atoms with van der Waals surface area (Å²) in [4.78, 5) is 16.4. The molecule has 0 bridgehead atoms. The molecule has 0 atom stereocenters. The third kappa shape index (κ3) is 2.88. The van der Waals surface area contributed by atoms with Crippen LogP contribution in [0.5, 0.6) is 0 Å². The van der Waals surface area contributed by atoms with Crippen LogP contribution in [0.3, 0.4) is 0 Å². The quantitative estimate of drug-likeness (QED) is 0.581. The number of nitrogen functional groups attached to an aromatic ring is 1. The van der Waals surface area contributed by atoms with Gasteiger partial charge in [0.2, 0.25) is 0 Å². The molecule has 0 radical (unpaired) electrons. The second kappa shape index (κ2) is 6.33. The average Bonchev–Trinajstić information content (AvgIpc) is 3.05. The van der Waals surface area contributed by atoms with Crippen LogP contribution < -0.4 is 11.3 Å². The standard InChI is InChI=1S/C20H17N5O/c1-14-10-19(21)25(20(26)11-14)23-12-15-6-8-16(9-7-15)24-13-22-17-4-2-3-5-18(17)24/h2-13H,21H2,1H3/b23-12-. The van der Waals surface area contributed by atoms with E-state index in [1.165, 1.54) is 10.7 Å². The van der Waals surface area contributed by atoms with Crippen molar-refractivity contribution < 1.29 is 0 Å². The summed E-state index contributed by atoms with van der Waals surface area (Å²) >= 11 is 0. The van der Waals surface area contributed by atoms with Crippen LogP contribution >= 0.6 is 0 Å². The fourth-order valence-electron chi connectivity index (χ4n) is 2.85. The molecule has 0 aliphatic rings. The van der Waals surface area contributed by atoms with Gasteiger partial charge in [-0.2, -0.15) is 9.78 Å². The minimum Gasteiger partial charge on any atom is -0.384 e. The Morgan fingerprint density at radius 1 is 1.08 bits per heavy atom. The molecule has 0 aliphatic heterocycles. The van der Waals surface area contributed by atoms with Gasteiger partial charge in [0.15, 0.2) is 0 Å². The van der Waals surface area contributed by atoms with Crippen molar-refractivity contribution in [1.29, 1.82) is 0 Å². The molecule has 6 nitrogen and oxygen atoms in total. The number of aromatic nitrogens is 3. The van der Waals surface area contributed by atoms with Crippen LogP contribution in [0, 0.1) is 6.92 Å². The molecule has 0 aliphatic carbocycles. The summed E-state index contributed by atoms with van der Waals surface area (Å²) in [6.07, 6.45) is 3.42. The van der Waals surface area contributed by atoms with Gasteiger partial charge in [0.1, 0.15) is 12.1 Å². The van der Waals surface area contributed by atoms with Crippen molar-refractivity contribution in [3.63, 3.8) is 0 Å². The van der Waals surface area contributed by atoms with E-state index < -0.39 is 0 Å². The molecule has 0 saturated carbocycles. The summed E-state index contributed by atoms with van der Waals surface area (Å²) < 4.78 is 3.21. The lowest BCUT2D eigenvalue weighted by Crippen LogP contribution is -2.19. The number of nitrogens with zero attached hydrogens (tertiary/aromatic N) is 4. The molecule has 2 heterocycles. The number of nitrogens with two attached hydrogens (primary N) is 1. The fourth-order valence-corrected chi connectivity index (χ4v) is 2.85. The van der Waals surface area contributed by atoms with Gasteiger partial charge in [-0.05, 0) is 48.4 Å². The molecule has 128 valence electrons. The van der Waals surface area contributed by atoms with E-state index in [2.05, 4.69) is 10.1 Å². The lowest BCUT2D eigenvalue weighted by Gasteiger charge is -2.05. The smallest absolute Gasteiger partial charge is 0.273 e. The zero-order valence-electron chi connectivity index (χ0n) is 14.2. The number of para-hydroxylation sites is 2. The first kappa shape index (κ1) is 15.8. The third-order valence-corrected chi connectivity index (χ3v) is 4.13. The van der Waals surface area contributed by atoms with Crippen LogP contribution in [0.25, 0.3) is 16.7 Å². The molecule has 0 unspecified atom stereocenters. The Bertz CT molecular complexity index is 1170.